The van der Waals surface area contributed by atoms with Crippen molar-refractivity contribution in [3.05, 3.63) is 124 Å². The van der Waals surface area contributed by atoms with Gasteiger partial charge in [-0.25, -0.2) is 4.79 Å². The fourth-order valence-electron chi connectivity index (χ4n) is 4.44. The van der Waals surface area contributed by atoms with Gasteiger partial charge in [-0.3, -0.25) is 0 Å². The van der Waals surface area contributed by atoms with Crippen LogP contribution in [0.4, 0.5) is 0 Å². The number of carboxylic acids is 1. The number of rotatable bonds is 11. The molecule has 0 atom stereocenters. The lowest BCUT2D eigenvalue weighted by molar-refractivity contribution is -0.132. The van der Waals surface area contributed by atoms with Gasteiger partial charge in [0, 0.05) is 9.75 Å². The Labute approximate surface area is 229 Å². The summed E-state index contributed by atoms with van der Waals surface area (Å²) in [6.07, 6.45) is 9.27. The van der Waals surface area contributed by atoms with Crippen LogP contribution in [0.3, 0.4) is 0 Å². The van der Waals surface area contributed by atoms with Crippen LogP contribution in [-0.4, -0.2) is 11.1 Å². The van der Waals surface area contributed by atoms with E-state index in [2.05, 4.69) is 85.8 Å². The van der Waals surface area contributed by atoms with Crippen LogP contribution in [0.2, 0.25) is 0 Å². The van der Waals surface area contributed by atoms with Crippen molar-refractivity contribution in [1.82, 2.24) is 0 Å². The molecule has 190 valence electrons. The van der Waals surface area contributed by atoms with Crippen LogP contribution < -0.4 is 0 Å². The third-order valence-electron chi connectivity index (χ3n) is 6.42. The summed E-state index contributed by atoms with van der Waals surface area (Å²) in [5.74, 6) is -1.20. The van der Waals surface area contributed by atoms with Crippen LogP contribution >= 0.6 is 11.3 Å². The van der Waals surface area contributed by atoms with Gasteiger partial charge in [-0.05, 0) is 64.5 Å². The Balaban J connectivity index is 1.68. The molecule has 0 spiro atoms. The first-order chi connectivity index (χ1) is 18.6. The van der Waals surface area contributed by atoms with Gasteiger partial charge in [0.15, 0.2) is 0 Å². The van der Waals surface area contributed by atoms with Crippen molar-refractivity contribution in [2.24, 2.45) is 0 Å². The molecule has 0 unspecified atom stereocenters. The molecule has 0 amide bonds. The van der Waals surface area contributed by atoms with E-state index in [9.17, 15) is 15.2 Å². The lowest BCUT2D eigenvalue weighted by Gasteiger charge is -2.10. The molecule has 0 saturated carbocycles. The molecular formula is C34H31NO2S. The molecule has 38 heavy (non-hydrogen) atoms. The smallest absolute Gasteiger partial charge is 0.346 e. The summed E-state index contributed by atoms with van der Waals surface area (Å²) in [6, 6.07) is 33.2. The highest BCUT2D eigenvalue weighted by Gasteiger charge is 2.13. The predicted molar refractivity (Wildman–Crippen MR) is 159 cm³/mol. The van der Waals surface area contributed by atoms with Crippen LogP contribution in [0.15, 0.2) is 96.6 Å². The maximum Gasteiger partial charge on any atom is 0.346 e. The SMILES string of the molecule is CCCCCCc1cc(/C=C(/C#N)C(=O)O)sc1-c1ccc(C=C(c2ccccc2)c2ccccc2)cc1. The molecule has 3 nitrogen and oxygen atoms in total. The molecule has 0 aliphatic rings. The molecule has 0 radical (unpaired) electrons. The number of nitriles is 1. The normalized spacial score (nSPS) is 11.1. The zero-order valence-electron chi connectivity index (χ0n) is 21.6. The average Bonchev–Trinajstić information content (AvgIpc) is 3.36. The predicted octanol–water partition coefficient (Wildman–Crippen LogP) is 9.12. The number of aryl methyl sites for hydroxylation is 1. The quantitative estimate of drug-likeness (QED) is 0.0934. The monoisotopic (exact) mass is 517 g/mol. The van der Waals surface area contributed by atoms with Crippen molar-refractivity contribution < 1.29 is 9.90 Å². The summed E-state index contributed by atoms with van der Waals surface area (Å²) in [6.45, 7) is 2.20. The van der Waals surface area contributed by atoms with Crippen molar-refractivity contribution in [3.8, 4) is 16.5 Å². The second kappa shape index (κ2) is 13.4. The molecule has 0 aliphatic carbocycles. The molecule has 0 aliphatic heterocycles. The molecule has 0 saturated heterocycles. The van der Waals surface area contributed by atoms with Crippen molar-refractivity contribution in [1.29, 1.82) is 5.26 Å². The van der Waals surface area contributed by atoms with Crippen molar-refractivity contribution in [2.75, 3.05) is 0 Å². The highest BCUT2D eigenvalue weighted by molar-refractivity contribution is 7.16. The summed E-state index contributed by atoms with van der Waals surface area (Å²) in [4.78, 5) is 13.3. The summed E-state index contributed by atoms with van der Waals surface area (Å²) in [7, 11) is 0. The standard InChI is InChI=1S/C34H31NO2S/c1-2-3-4-7-16-29-22-31(23-30(24-35)34(36)37)38-33(29)28-19-17-25(18-20-28)21-32(26-12-8-5-9-13-26)27-14-10-6-11-15-27/h5-6,8-15,17-23H,2-4,7,16H2,1H3,(H,36,37)/b30-23-. The topological polar surface area (TPSA) is 61.1 Å². The van der Waals surface area contributed by atoms with Crippen LogP contribution in [0.5, 0.6) is 0 Å². The summed E-state index contributed by atoms with van der Waals surface area (Å²) >= 11 is 1.54. The molecular weight excluding hydrogens is 486 g/mol. The van der Waals surface area contributed by atoms with Crippen LogP contribution in [-0.2, 0) is 11.2 Å². The van der Waals surface area contributed by atoms with E-state index < -0.39 is 5.97 Å². The van der Waals surface area contributed by atoms with Gasteiger partial charge in [-0.15, -0.1) is 11.3 Å². The van der Waals surface area contributed by atoms with E-state index in [1.807, 2.05) is 18.2 Å². The molecule has 3 aromatic carbocycles. The second-order valence-corrected chi connectivity index (χ2v) is 10.3. The molecule has 1 N–H and O–H groups in total. The minimum atomic E-state index is -1.20. The number of hydrogen-bond donors (Lipinski definition) is 1. The second-order valence-electron chi connectivity index (χ2n) is 9.20. The van der Waals surface area contributed by atoms with E-state index in [1.54, 1.807) is 17.4 Å². The van der Waals surface area contributed by atoms with Gasteiger partial charge < -0.3 is 5.11 Å². The Kier molecular flexibility index (Phi) is 9.45. The van der Waals surface area contributed by atoms with E-state index in [0.29, 0.717) is 0 Å². The molecule has 1 heterocycles. The number of hydrogen-bond acceptors (Lipinski definition) is 3. The number of thiophene rings is 1. The zero-order valence-corrected chi connectivity index (χ0v) is 22.4. The van der Waals surface area contributed by atoms with Crippen molar-refractivity contribution in [3.63, 3.8) is 0 Å². The highest BCUT2D eigenvalue weighted by Crippen LogP contribution is 2.36. The van der Waals surface area contributed by atoms with Gasteiger partial charge >= 0.3 is 5.97 Å². The van der Waals surface area contributed by atoms with Gasteiger partial charge in [0.2, 0.25) is 0 Å². The lowest BCUT2D eigenvalue weighted by atomic mass is 9.95. The maximum atomic E-state index is 11.4. The summed E-state index contributed by atoms with van der Waals surface area (Å²) < 4.78 is 0. The number of benzene rings is 3. The number of carbonyl (C=O) groups is 1. The first-order valence-corrected chi connectivity index (χ1v) is 13.8. The Bertz CT molecular complexity index is 1420. The van der Waals surface area contributed by atoms with Gasteiger partial charge in [-0.1, -0.05) is 111 Å². The van der Waals surface area contributed by atoms with E-state index in [-0.39, 0.29) is 5.57 Å². The fourth-order valence-corrected chi connectivity index (χ4v) is 5.60. The van der Waals surface area contributed by atoms with E-state index in [1.165, 1.54) is 42.0 Å². The molecule has 4 heteroatoms. The number of aliphatic carboxylic acids is 1. The van der Waals surface area contributed by atoms with Crippen molar-refractivity contribution >= 4 is 35.0 Å². The summed E-state index contributed by atoms with van der Waals surface area (Å²) in [5, 5.41) is 18.5. The Morgan fingerprint density at radius 1 is 0.868 bits per heavy atom. The molecule has 1 aromatic heterocycles. The minimum absolute atomic E-state index is 0.245. The van der Waals surface area contributed by atoms with E-state index >= 15 is 0 Å². The van der Waals surface area contributed by atoms with Crippen molar-refractivity contribution in [2.45, 2.75) is 39.0 Å². The van der Waals surface area contributed by atoms with Crippen LogP contribution in [0.25, 0.3) is 28.2 Å². The first-order valence-electron chi connectivity index (χ1n) is 13.0. The van der Waals surface area contributed by atoms with Crippen LogP contribution in [0.1, 0.15) is 59.7 Å². The zero-order chi connectivity index (χ0) is 26.7. The molecule has 0 fully saturated rings. The third-order valence-corrected chi connectivity index (χ3v) is 7.59. The number of nitrogens with zero attached hydrogens (tertiary/aromatic N) is 1. The summed E-state index contributed by atoms with van der Waals surface area (Å²) in [5.41, 5.74) is 6.67. The third kappa shape index (κ3) is 6.97. The Morgan fingerprint density at radius 2 is 1.50 bits per heavy atom. The Hall–Kier alpha value is -4.20. The van der Waals surface area contributed by atoms with Crippen LogP contribution in [0, 0.1) is 11.3 Å². The number of carboxylic acid groups (broad SMARTS) is 1. The number of unbranched alkanes of at least 4 members (excludes halogenated alkanes) is 3. The average molecular weight is 518 g/mol. The fraction of sp³-hybridized carbons (Fsp3) is 0.176. The van der Waals surface area contributed by atoms with Gasteiger partial charge in [0.1, 0.15) is 11.6 Å². The highest BCUT2D eigenvalue weighted by atomic mass is 32.1. The Morgan fingerprint density at radius 3 is 2.05 bits per heavy atom. The minimum Gasteiger partial charge on any atom is -0.477 e. The molecule has 4 rings (SSSR count). The lowest BCUT2D eigenvalue weighted by Crippen LogP contribution is -1.96. The maximum absolute atomic E-state index is 11.4. The van der Waals surface area contributed by atoms with Gasteiger partial charge in [0.05, 0.1) is 0 Å². The van der Waals surface area contributed by atoms with Gasteiger partial charge in [0.25, 0.3) is 0 Å². The van der Waals surface area contributed by atoms with E-state index in [4.69, 9.17) is 0 Å². The van der Waals surface area contributed by atoms with Gasteiger partial charge in [-0.2, -0.15) is 5.26 Å². The van der Waals surface area contributed by atoms with E-state index in [0.717, 1.165) is 39.3 Å². The largest absolute Gasteiger partial charge is 0.477 e. The molecule has 0 bridgehead atoms. The molecule has 4 aromatic rings. The first kappa shape index (κ1) is 26.9.